The van der Waals surface area contributed by atoms with Crippen molar-refractivity contribution in [1.82, 2.24) is 0 Å². The van der Waals surface area contributed by atoms with Gasteiger partial charge in [0.05, 0.1) is 14.2 Å². The van der Waals surface area contributed by atoms with E-state index in [1.165, 1.54) is 17.5 Å². The second-order valence-corrected chi connectivity index (χ2v) is 5.24. The lowest BCUT2D eigenvalue weighted by molar-refractivity contribution is -0.117. The number of ketones is 1. The maximum Gasteiger partial charge on any atom is 0.161 e. The molecule has 1 unspecified atom stereocenters. The zero-order chi connectivity index (χ0) is 13.8. The van der Waals surface area contributed by atoms with Crippen LogP contribution >= 0.6 is 0 Å². The van der Waals surface area contributed by atoms with E-state index in [-0.39, 0.29) is 5.78 Å². The monoisotopic (exact) mass is 262 g/mol. The van der Waals surface area contributed by atoms with E-state index in [1.54, 1.807) is 21.1 Å². The molecule has 1 atom stereocenters. The Kier molecular flexibility index (Phi) is 4.46. The molecule has 1 aliphatic carbocycles. The van der Waals surface area contributed by atoms with Crippen molar-refractivity contribution in [3.8, 4) is 11.5 Å². The average molecular weight is 262 g/mol. The van der Waals surface area contributed by atoms with Crippen molar-refractivity contribution < 1.29 is 14.3 Å². The summed E-state index contributed by atoms with van der Waals surface area (Å²) in [5, 5.41) is 0. The van der Waals surface area contributed by atoms with Gasteiger partial charge in [-0.25, -0.2) is 0 Å². The molecule has 0 saturated carbocycles. The number of benzene rings is 1. The number of methoxy groups -OCH3 is 2. The molecule has 0 saturated heterocycles. The zero-order valence-electron chi connectivity index (χ0n) is 12.0. The Hall–Kier alpha value is -1.51. The van der Waals surface area contributed by atoms with Crippen LogP contribution in [0.15, 0.2) is 12.1 Å². The van der Waals surface area contributed by atoms with Crippen LogP contribution in [0.1, 0.15) is 49.7 Å². The average Bonchev–Trinajstić information content (AvgIpc) is 2.43. The van der Waals surface area contributed by atoms with Crippen molar-refractivity contribution in [3.05, 3.63) is 23.3 Å². The molecule has 0 aliphatic heterocycles. The minimum absolute atomic E-state index is 0.271. The summed E-state index contributed by atoms with van der Waals surface area (Å²) in [7, 11) is 3.33. The molecule has 1 aliphatic rings. The Labute approximate surface area is 114 Å². The number of hydrogen-bond acceptors (Lipinski definition) is 3. The van der Waals surface area contributed by atoms with E-state index >= 15 is 0 Å². The Morgan fingerprint density at radius 1 is 1.26 bits per heavy atom. The van der Waals surface area contributed by atoms with Crippen molar-refractivity contribution in [2.45, 2.75) is 44.9 Å². The van der Waals surface area contributed by atoms with Crippen LogP contribution in [0.5, 0.6) is 11.5 Å². The standard InChI is InChI=1S/C16H22O3/c1-11(17)7-8-12-5-4-6-13-9-15(18-2)16(19-3)10-14(12)13/h9-10,12H,4-8H2,1-3H3. The van der Waals surface area contributed by atoms with Gasteiger partial charge in [0.15, 0.2) is 11.5 Å². The van der Waals surface area contributed by atoms with Crippen LogP contribution in [0.25, 0.3) is 0 Å². The number of carbonyl (C=O) groups is 1. The highest BCUT2D eigenvalue weighted by Crippen LogP contribution is 2.40. The van der Waals surface area contributed by atoms with Crippen LogP contribution in [-0.2, 0) is 11.2 Å². The Morgan fingerprint density at radius 2 is 1.95 bits per heavy atom. The van der Waals surface area contributed by atoms with E-state index in [1.807, 2.05) is 0 Å². The summed E-state index contributed by atoms with van der Waals surface area (Å²) in [4.78, 5) is 11.2. The molecule has 3 heteroatoms. The van der Waals surface area contributed by atoms with Gasteiger partial charge in [0.1, 0.15) is 5.78 Å². The van der Waals surface area contributed by atoms with Gasteiger partial charge in [0.25, 0.3) is 0 Å². The summed E-state index contributed by atoms with van der Waals surface area (Å²) in [6.07, 6.45) is 5.04. The van der Waals surface area contributed by atoms with Crippen LogP contribution in [-0.4, -0.2) is 20.0 Å². The van der Waals surface area contributed by atoms with Crippen LogP contribution in [0.3, 0.4) is 0 Å². The fraction of sp³-hybridized carbons (Fsp3) is 0.562. The summed E-state index contributed by atoms with van der Waals surface area (Å²) in [5.74, 6) is 2.34. The van der Waals surface area contributed by atoms with Gasteiger partial charge in [-0.05, 0) is 61.8 Å². The van der Waals surface area contributed by atoms with Gasteiger partial charge in [0.2, 0.25) is 0 Å². The molecule has 19 heavy (non-hydrogen) atoms. The number of rotatable bonds is 5. The summed E-state index contributed by atoms with van der Waals surface area (Å²) in [6, 6.07) is 4.19. The second kappa shape index (κ2) is 6.09. The zero-order valence-corrected chi connectivity index (χ0v) is 12.0. The predicted octanol–water partition coefficient (Wildman–Crippen LogP) is 3.49. The molecule has 0 N–H and O–H groups in total. The van der Waals surface area contributed by atoms with Gasteiger partial charge >= 0.3 is 0 Å². The fourth-order valence-corrected chi connectivity index (χ4v) is 2.91. The van der Waals surface area contributed by atoms with E-state index in [0.717, 1.165) is 30.8 Å². The third-order valence-electron chi connectivity index (χ3n) is 3.93. The molecule has 0 radical (unpaired) electrons. The number of carbonyl (C=O) groups excluding carboxylic acids is 1. The first-order chi connectivity index (χ1) is 9.15. The van der Waals surface area contributed by atoms with E-state index in [0.29, 0.717) is 12.3 Å². The summed E-state index contributed by atoms with van der Waals surface area (Å²) >= 11 is 0. The van der Waals surface area contributed by atoms with Crippen molar-refractivity contribution in [1.29, 1.82) is 0 Å². The van der Waals surface area contributed by atoms with Crippen molar-refractivity contribution in [3.63, 3.8) is 0 Å². The molecular weight excluding hydrogens is 240 g/mol. The predicted molar refractivity (Wildman–Crippen MR) is 75.1 cm³/mol. The Balaban J connectivity index is 2.29. The molecule has 0 aromatic heterocycles. The van der Waals surface area contributed by atoms with E-state index < -0.39 is 0 Å². The lowest BCUT2D eigenvalue weighted by Crippen LogP contribution is -2.11. The highest BCUT2D eigenvalue weighted by molar-refractivity contribution is 5.75. The highest BCUT2D eigenvalue weighted by atomic mass is 16.5. The van der Waals surface area contributed by atoms with Crippen LogP contribution in [0.4, 0.5) is 0 Å². The minimum atomic E-state index is 0.271. The van der Waals surface area contributed by atoms with Crippen molar-refractivity contribution in [2.24, 2.45) is 0 Å². The lowest BCUT2D eigenvalue weighted by Gasteiger charge is -2.26. The third-order valence-corrected chi connectivity index (χ3v) is 3.93. The second-order valence-electron chi connectivity index (χ2n) is 5.24. The Morgan fingerprint density at radius 3 is 2.58 bits per heavy atom. The van der Waals surface area contributed by atoms with Gasteiger partial charge < -0.3 is 14.3 Å². The number of fused-ring (bicyclic) bond motifs is 1. The Bertz CT molecular complexity index is 465. The number of hydrogen-bond donors (Lipinski definition) is 0. The van der Waals surface area contributed by atoms with E-state index in [2.05, 4.69) is 12.1 Å². The van der Waals surface area contributed by atoms with E-state index in [9.17, 15) is 4.79 Å². The molecule has 104 valence electrons. The largest absolute Gasteiger partial charge is 0.493 e. The van der Waals surface area contributed by atoms with Crippen LogP contribution in [0.2, 0.25) is 0 Å². The molecule has 1 aromatic carbocycles. The molecule has 1 aromatic rings. The van der Waals surface area contributed by atoms with Crippen LogP contribution < -0.4 is 9.47 Å². The molecule has 0 bridgehead atoms. The summed E-state index contributed by atoms with van der Waals surface area (Å²) in [6.45, 7) is 1.67. The van der Waals surface area contributed by atoms with Crippen LogP contribution in [0, 0.1) is 0 Å². The third kappa shape index (κ3) is 3.09. The normalized spacial score (nSPS) is 17.7. The molecule has 2 rings (SSSR count). The topological polar surface area (TPSA) is 35.5 Å². The SMILES string of the molecule is COc1cc2c(cc1OC)C(CCC(C)=O)CCC2. The molecule has 0 fully saturated rings. The van der Waals surface area contributed by atoms with Gasteiger partial charge in [-0.3, -0.25) is 0 Å². The smallest absolute Gasteiger partial charge is 0.161 e. The number of Topliss-reactive ketones (excluding diaryl/α,β-unsaturated/α-hetero) is 1. The van der Waals surface area contributed by atoms with Crippen molar-refractivity contribution >= 4 is 5.78 Å². The van der Waals surface area contributed by atoms with Crippen molar-refractivity contribution in [2.75, 3.05) is 14.2 Å². The van der Waals surface area contributed by atoms with Gasteiger partial charge in [0, 0.05) is 6.42 Å². The molecule has 0 heterocycles. The molecule has 3 nitrogen and oxygen atoms in total. The number of ether oxygens (including phenoxy) is 2. The van der Waals surface area contributed by atoms with Gasteiger partial charge in [-0.2, -0.15) is 0 Å². The van der Waals surface area contributed by atoms with Gasteiger partial charge in [-0.15, -0.1) is 0 Å². The highest BCUT2D eigenvalue weighted by Gasteiger charge is 2.23. The van der Waals surface area contributed by atoms with E-state index in [4.69, 9.17) is 9.47 Å². The first-order valence-corrected chi connectivity index (χ1v) is 6.90. The quantitative estimate of drug-likeness (QED) is 0.814. The molecule has 0 spiro atoms. The first-order valence-electron chi connectivity index (χ1n) is 6.90. The minimum Gasteiger partial charge on any atom is -0.493 e. The summed E-state index contributed by atoms with van der Waals surface area (Å²) < 4.78 is 10.7. The summed E-state index contributed by atoms with van der Waals surface area (Å²) in [5.41, 5.74) is 2.68. The molecule has 0 amide bonds. The number of aryl methyl sites for hydroxylation is 1. The fourth-order valence-electron chi connectivity index (χ4n) is 2.91. The van der Waals surface area contributed by atoms with Gasteiger partial charge in [-0.1, -0.05) is 0 Å². The molecular formula is C16H22O3. The maximum atomic E-state index is 11.2. The first kappa shape index (κ1) is 13.9. The lowest BCUT2D eigenvalue weighted by atomic mass is 9.80. The maximum absolute atomic E-state index is 11.2.